The first-order valence-corrected chi connectivity index (χ1v) is 13.3. The quantitative estimate of drug-likeness (QED) is 0.107. The second-order valence-electron chi connectivity index (χ2n) is 9.38. The Morgan fingerprint density at radius 3 is 2.30 bits per heavy atom. The van der Waals surface area contributed by atoms with Crippen LogP contribution in [0.5, 0.6) is 0 Å². The van der Waals surface area contributed by atoms with Gasteiger partial charge in [-0.25, -0.2) is 9.59 Å². The lowest BCUT2D eigenvalue weighted by Crippen LogP contribution is -2.47. The predicted octanol–water partition coefficient (Wildman–Crippen LogP) is 2.25. The van der Waals surface area contributed by atoms with E-state index in [4.69, 9.17) is 19.3 Å². The minimum atomic E-state index is -1.01. The lowest BCUT2D eigenvalue weighted by atomic mass is 9.97. The average Bonchev–Trinajstić information content (AvgIpc) is 2.93. The number of rotatable bonds is 20. The van der Waals surface area contributed by atoms with Crippen LogP contribution in [0.25, 0.3) is 0 Å². The number of nitrogens with one attached hydrogen (secondary N) is 3. The molecule has 0 aliphatic heterocycles. The molecule has 1 aromatic carbocycles. The van der Waals surface area contributed by atoms with Crippen molar-refractivity contribution in [1.82, 2.24) is 16.0 Å². The highest BCUT2D eigenvalue weighted by Gasteiger charge is 2.27. The van der Waals surface area contributed by atoms with Crippen LogP contribution in [0.3, 0.4) is 0 Å². The SMILES string of the molecule is C=CC[C@H](CC(=O)NCCOCCO)C(=O)N[C@H](COC(=O)[C@@H](CC=C)NC(=O)OCc1ccccc1)C(C)C. The molecule has 3 atom stereocenters. The molecule has 0 aliphatic carbocycles. The van der Waals surface area contributed by atoms with Gasteiger partial charge in [-0.15, -0.1) is 13.2 Å². The highest BCUT2D eigenvalue weighted by atomic mass is 16.6. The Morgan fingerprint density at radius 2 is 1.68 bits per heavy atom. The number of allylic oxidation sites excluding steroid dienone is 1. The number of amides is 3. The molecule has 11 heteroatoms. The lowest BCUT2D eigenvalue weighted by Gasteiger charge is -2.26. The van der Waals surface area contributed by atoms with Crippen molar-refractivity contribution in [2.75, 3.05) is 33.0 Å². The minimum Gasteiger partial charge on any atom is -0.462 e. The van der Waals surface area contributed by atoms with Crippen molar-refractivity contribution in [2.24, 2.45) is 11.8 Å². The van der Waals surface area contributed by atoms with Crippen LogP contribution < -0.4 is 16.0 Å². The van der Waals surface area contributed by atoms with Crippen molar-refractivity contribution in [3.63, 3.8) is 0 Å². The van der Waals surface area contributed by atoms with Gasteiger partial charge in [0.05, 0.1) is 31.8 Å². The molecule has 0 bridgehead atoms. The van der Waals surface area contributed by atoms with E-state index in [2.05, 4.69) is 29.1 Å². The zero-order valence-electron chi connectivity index (χ0n) is 23.4. The summed E-state index contributed by atoms with van der Waals surface area (Å²) in [6, 6.07) is 7.57. The Hall–Kier alpha value is -3.70. The second kappa shape index (κ2) is 20.2. The van der Waals surface area contributed by atoms with Crippen molar-refractivity contribution in [2.45, 2.75) is 51.8 Å². The van der Waals surface area contributed by atoms with Gasteiger partial charge in [-0.2, -0.15) is 0 Å². The smallest absolute Gasteiger partial charge is 0.408 e. The van der Waals surface area contributed by atoms with Crippen molar-refractivity contribution < 1.29 is 38.5 Å². The largest absolute Gasteiger partial charge is 0.462 e. The molecule has 1 rings (SSSR count). The summed E-state index contributed by atoms with van der Waals surface area (Å²) >= 11 is 0. The maximum Gasteiger partial charge on any atom is 0.408 e. The van der Waals surface area contributed by atoms with Gasteiger partial charge in [-0.1, -0.05) is 56.3 Å². The van der Waals surface area contributed by atoms with Crippen LogP contribution in [0.1, 0.15) is 38.7 Å². The predicted molar refractivity (Wildman–Crippen MR) is 150 cm³/mol. The van der Waals surface area contributed by atoms with E-state index >= 15 is 0 Å². The Kier molecular flexibility index (Phi) is 17.4. The standard InChI is InChI=1S/C29H43N3O8/c1-5-10-23(18-26(34)30-14-16-38-17-15-33)27(35)31-25(21(3)4)20-39-28(36)24(11-6-2)32-29(37)40-19-22-12-8-7-9-13-22/h5-9,12-13,21,23-25,33H,1-2,10-11,14-20H2,3-4H3,(H,30,34)(H,31,35)(H,32,37)/t23-,24-,25-/m1/s1. The first kappa shape index (κ1) is 34.3. The number of carbonyl (C=O) groups excluding carboxylic acids is 4. The maximum atomic E-state index is 13.0. The fourth-order valence-electron chi connectivity index (χ4n) is 3.47. The van der Waals surface area contributed by atoms with Gasteiger partial charge in [-0.3, -0.25) is 9.59 Å². The molecule has 4 N–H and O–H groups in total. The number of aliphatic hydroxyl groups excluding tert-OH is 1. The molecule has 0 aromatic heterocycles. The summed E-state index contributed by atoms with van der Waals surface area (Å²) in [5, 5.41) is 16.8. The van der Waals surface area contributed by atoms with E-state index < -0.39 is 30.1 Å². The van der Waals surface area contributed by atoms with Gasteiger partial charge in [0.1, 0.15) is 19.3 Å². The van der Waals surface area contributed by atoms with Gasteiger partial charge in [0.2, 0.25) is 11.8 Å². The van der Waals surface area contributed by atoms with Crippen molar-refractivity contribution >= 4 is 23.9 Å². The maximum absolute atomic E-state index is 13.0. The Labute approximate surface area is 236 Å². The van der Waals surface area contributed by atoms with E-state index in [1.54, 1.807) is 6.08 Å². The van der Waals surface area contributed by atoms with Gasteiger partial charge in [0.25, 0.3) is 0 Å². The summed E-state index contributed by atoms with van der Waals surface area (Å²) in [4.78, 5) is 50.3. The molecule has 0 aliphatic rings. The normalized spacial score (nSPS) is 12.9. The van der Waals surface area contributed by atoms with Gasteiger partial charge in [0.15, 0.2) is 0 Å². The molecule has 40 heavy (non-hydrogen) atoms. The number of benzene rings is 1. The molecule has 0 heterocycles. The van der Waals surface area contributed by atoms with Crippen LogP contribution in [0.4, 0.5) is 4.79 Å². The third-order valence-electron chi connectivity index (χ3n) is 5.79. The van der Waals surface area contributed by atoms with Crippen molar-refractivity contribution in [1.29, 1.82) is 0 Å². The molecule has 222 valence electrons. The molecule has 0 unspecified atom stereocenters. The number of ether oxygens (including phenoxy) is 3. The van der Waals surface area contributed by atoms with Crippen molar-refractivity contribution in [3.8, 4) is 0 Å². The molecule has 0 saturated heterocycles. The Balaban J connectivity index is 2.64. The van der Waals surface area contributed by atoms with Gasteiger partial charge < -0.3 is 35.3 Å². The molecule has 0 fully saturated rings. The molecular weight excluding hydrogens is 518 g/mol. The first-order valence-electron chi connectivity index (χ1n) is 13.3. The average molecular weight is 562 g/mol. The number of carbonyl (C=O) groups is 4. The Bertz CT molecular complexity index is 938. The zero-order chi connectivity index (χ0) is 29.8. The summed E-state index contributed by atoms with van der Waals surface area (Å²) in [5.74, 6) is -2.14. The van der Waals surface area contributed by atoms with Crippen LogP contribution in [0, 0.1) is 11.8 Å². The van der Waals surface area contributed by atoms with E-state index in [-0.39, 0.29) is 76.6 Å². The van der Waals surface area contributed by atoms with E-state index in [1.165, 1.54) is 6.08 Å². The van der Waals surface area contributed by atoms with E-state index in [0.717, 1.165) is 5.56 Å². The number of hydrogen-bond acceptors (Lipinski definition) is 8. The molecule has 1 aromatic rings. The highest BCUT2D eigenvalue weighted by Crippen LogP contribution is 2.13. The third-order valence-corrected chi connectivity index (χ3v) is 5.79. The molecule has 0 radical (unpaired) electrons. The van der Waals surface area contributed by atoms with E-state index in [9.17, 15) is 19.2 Å². The second-order valence-corrected chi connectivity index (χ2v) is 9.38. The fourth-order valence-corrected chi connectivity index (χ4v) is 3.47. The summed E-state index contributed by atoms with van der Waals surface area (Å²) in [5.41, 5.74) is 0.801. The van der Waals surface area contributed by atoms with E-state index in [1.807, 2.05) is 44.2 Å². The van der Waals surface area contributed by atoms with Gasteiger partial charge in [-0.05, 0) is 24.3 Å². The van der Waals surface area contributed by atoms with Gasteiger partial charge in [0, 0.05) is 13.0 Å². The number of esters is 1. The van der Waals surface area contributed by atoms with E-state index in [0.29, 0.717) is 0 Å². The number of hydrogen-bond donors (Lipinski definition) is 4. The summed E-state index contributed by atoms with van der Waals surface area (Å²) in [6.07, 6.45) is 2.62. The van der Waals surface area contributed by atoms with Crippen LogP contribution >= 0.6 is 0 Å². The molecule has 0 saturated carbocycles. The molecule has 3 amide bonds. The third kappa shape index (κ3) is 14.5. The summed E-state index contributed by atoms with van der Waals surface area (Å²) in [7, 11) is 0. The summed E-state index contributed by atoms with van der Waals surface area (Å²) in [6.45, 7) is 11.5. The highest BCUT2D eigenvalue weighted by molar-refractivity contribution is 5.86. The van der Waals surface area contributed by atoms with Gasteiger partial charge >= 0.3 is 12.1 Å². The van der Waals surface area contributed by atoms with Crippen LogP contribution in [-0.2, 0) is 35.2 Å². The van der Waals surface area contributed by atoms with Crippen LogP contribution in [-0.4, -0.2) is 74.0 Å². The number of alkyl carbamates (subject to hydrolysis) is 1. The monoisotopic (exact) mass is 561 g/mol. The first-order chi connectivity index (χ1) is 19.2. The van der Waals surface area contributed by atoms with Crippen molar-refractivity contribution in [3.05, 3.63) is 61.2 Å². The molecule has 11 nitrogen and oxygen atoms in total. The summed E-state index contributed by atoms with van der Waals surface area (Å²) < 4.78 is 15.7. The molecular formula is C29H43N3O8. The lowest BCUT2D eigenvalue weighted by molar-refractivity contribution is -0.148. The van der Waals surface area contributed by atoms with Crippen LogP contribution in [0.2, 0.25) is 0 Å². The van der Waals surface area contributed by atoms with Crippen LogP contribution in [0.15, 0.2) is 55.6 Å². The fraction of sp³-hybridized carbons (Fsp3) is 0.517. The molecule has 0 spiro atoms. The zero-order valence-corrected chi connectivity index (χ0v) is 23.4. The Morgan fingerprint density at radius 1 is 0.975 bits per heavy atom. The topological polar surface area (TPSA) is 152 Å². The minimum absolute atomic E-state index is 0.0470. The number of aliphatic hydroxyl groups is 1.